The van der Waals surface area contributed by atoms with E-state index in [1.54, 1.807) is 0 Å². The van der Waals surface area contributed by atoms with Gasteiger partial charge in [-0.2, -0.15) is 0 Å². The number of thioether (sulfide) groups is 1. The summed E-state index contributed by atoms with van der Waals surface area (Å²) in [6, 6.07) is 2.20. The molecule has 1 aromatic heterocycles. The molecule has 0 aliphatic carbocycles. The van der Waals surface area contributed by atoms with E-state index < -0.39 is 0 Å². The Kier molecular flexibility index (Phi) is 5.13. The van der Waals surface area contributed by atoms with Crippen molar-refractivity contribution in [3.05, 3.63) is 10.9 Å². The van der Waals surface area contributed by atoms with Crippen molar-refractivity contribution in [2.45, 2.75) is 17.6 Å². The summed E-state index contributed by atoms with van der Waals surface area (Å²) in [7, 11) is 4.02. The van der Waals surface area contributed by atoms with Crippen molar-refractivity contribution in [2.24, 2.45) is 0 Å². The van der Waals surface area contributed by atoms with Crippen LogP contribution >= 0.6 is 23.1 Å². The fourth-order valence-electron chi connectivity index (χ4n) is 1.92. The molecule has 0 radical (unpaired) electrons. The van der Waals surface area contributed by atoms with Gasteiger partial charge in [0.2, 0.25) is 0 Å². The molecule has 0 spiro atoms. The number of likely N-dealkylation sites (N-methyl/N-ethyl adjacent to an activating group) is 1. The van der Waals surface area contributed by atoms with Crippen LogP contribution in [0.5, 0.6) is 0 Å². The predicted molar refractivity (Wildman–Crippen MR) is 83.7 cm³/mol. The van der Waals surface area contributed by atoms with Crippen molar-refractivity contribution >= 4 is 34.8 Å². The van der Waals surface area contributed by atoms with Crippen LogP contribution in [-0.4, -0.2) is 50.4 Å². The highest BCUT2D eigenvalue weighted by Gasteiger charge is 2.25. The van der Waals surface area contributed by atoms with Gasteiger partial charge in [-0.3, -0.25) is 4.90 Å². The Bertz CT molecular complexity index is 445. The van der Waals surface area contributed by atoms with E-state index in [1.807, 2.05) is 42.1 Å². The minimum Gasteiger partial charge on any atom is -0.336 e. The summed E-state index contributed by atoms with van der Waals surface area (Å²) in [6.45, 7) is 4.51. The minimum absolute atomic E-state index is 0.0313. The number of fused-ring (bicyclic) bond motifs is 1. The number of hydrogen-bond donors (Lipinski definition) is 1. The lowest BCUT2D eigenvalue weighted by molar-refractivity contribution is 0.245. The van der Waals surface area contributed by atoms with Crippen LogP contribution in [0.4, 0.5) is 10.5 Å². The van der Waals surface area contributed by atoms with Gasteiger partial charge in [0, 0.05) is 30.3 Å². The maximum atomic E-state index is 12.2. The molecule has 0 saturated carbocycles. The average molecular weight is 299 g/mol. The van der Waals surface area contributed by atoms with Crippen molar-refractivity contribution in [2.75, 3.05) is 44.4 Å². The van der Waals surface area contributed by atoms with Gasteiger partial charge < -0.3 is 10.2 Å². The second-order valence-corrected chi connectivity index (χ2v) is 7.27. The fourth-order valence-corrected chi connectivity index (χ4v) is 4.33. The minimum atomic E-state index is 0.0313. The largest absolute Gasteiger partial charge is 0.336 e. The summed E-state index contributed by atoms with van der Waals surface area (Å²) in [6.07, 6.45) is 1.04. The zero-order valence-electron chi connectivity index (χ0n) is 11.7. The van der Waals surface area contributed by atoms with Gasteiger partial charge in [-0.05, 0) is 26.6 Å². The molecule has 0 fully saturated rings. The van der Waals surface area contributed by atoms with Crippen LogP contribution in [0, 0.1) is 0 Å². The highest BCUT2D eigenvalue weighted by Crippen LogP contribution is 2.41. The third kappa shape index (κ3) is 3.64. The van der Waals surface area contributed by atoms with Gasteiger partial charge in [0.25, 0.3) is 0 Å². The van der Waals surface area contributed by atoms with Crippen LogP contribution in [-0.2, 0) is 6.42 Å². The first kappa shape index (κ1) is 14.7. The third-order valence-electron chi connectivity index (χ3n) is 3.00. The van der Waals surface area contributed by atoms with Crippen LogP contribution < -0.4 is 10.2 Å². The molecule has 1 aliphatic heterocycles. The number of amides is 2. The maximum Gasteiger partial charge on any atom is 0.322 e. The van der Waals surface area contributed by atoms with E-state index >= 15 is 0 Å². The lowest BCUT2D eigenvalue weighted by atomic mass is 10.3. The Morgan fingerprint density at radius 2 is 2.32 bits per heavy atom. The van der Waals surface area contributed by atoms with Crippen molar-refractivity contribution in [3.8, 4) is 0 Å². The molecule has 2 rings (SSSR count). The predicted octanol–water partition coefficient (Wildman–Crippen LogP) is 2.49. The molecule has 6 heteroatoms. The molecule has 2 amide bonds. The molecule has 1 aliphatic rings. The molecule has 0 atom stereocenters. The lowest BCUT2D eigenvalue weighted by Crippen LogP contribution is -2.44. The van der Waals surface area contributed by atoms with E-state index in [9.17, 15) is 4.79 Å². The van der Waals surface area contributed by atoms with Gasteiger partial charge in [0.05, 0.1) is 9.90 Å². The number of nitrogens with one attached hydrogen (secondary N) is 1. The van der Waals surface area contributed by atoms with Gasteiger partial charge in [0.15, 0.2) is 0 Å². The molecule has 1 N–H and O–H groups in total. The van der Waals surface area contributed by atoms with Crippen molar-refractivity contribution in [1.82, 2.24) is 10.2 Å². The highest BCUT2D eigenvalue weighted by molar-refractivity contribution is 8.01. The summed E-state index contributed by atoms with van der Waals surface area (Å²) in [4.78, 5) is 17.5. The van der Waals surface area contributed by atoms with Gasteiger partial charge in [-0.15, -0.1) is 23.1 Å². The van der Waals surface area contributed by atoms with E-state index in [4.69, 9.17) is 0 Å². The Morgan fingerprint density at radius 1 is 1.53 bits per heavy atom. The van der Waals surface area contributed by atoms with Gasteiger partial charge in [0.1, 0.15) is 0 Å². The molecule has 0 aromatic carbocycles. The van der Waals surface area contributed by atoms with E-state index in [0.29, 0.717) is 6.54 Å². The Balaban J connectivity index is 2.01. The van der Waals surface area contributed by atoms with Crippen LogP contribution in [0.2, 0.25) is 0 Å². The van der Waals surface area contributed by atoms with E-state index in [-0.39, 0.29) is 6.03 Å². The number of nitrogens with zero attached hydrogens (tertiary/aromatic N) is 2. The fraction of sp³-hybridized carbons (Fsp3) is 0.615. The first-order chi connectivity index (χ1) is 9.11. The molecule has 0 unspecified atom stereocenters. The zero-order valence-corrected chi connectivity index (χ0v) is 13.4. The molecule has 4 nitrogen and oxygen atoms in total. The lowest BCUT2D eigenvalue weighted by Gasteiger charge is -2.27. The van der Waals surface area contributed by atoms with E-state index in [1.165, 1.54) is 9.09 Å². The van der Waals surface area contributed by atoms with Gasteiger partial charge in [-0.1, -0.05) is 6.92 Å². The summed E-state index contributed by atoms with van der Waals surface area (Å²) in [5, 5.41) is 2.99. The van der Waals surface area contributed by atoms with E-state index in [2.05, 4.69) is 23.2 Å². The van der Waals surface area contributed by atoms with Crippen molar-refractivity contribution in [3.63, 3.8) is 0 Å². The number of hydrogen-bond acceptors (Lipinski definition) is 4. The summed E-state index contributed by atoms with van der Waals surface area (Å²) < 4.78 is 1.28. The van der Waals surface area contributed by atoms with Gasteiger partial charge in [-0.25, -0.2) is 4.79 Å². The Hall–Kier alpha value is -0.720. The quantitative estimate of drug-likeness (QED) is 0.928. The molecule has 19 heavy (non-hydrogen) atoms. The molecule has 0 bridgehead atoms. The highest BCUT2D eigenvalue weighted by atomic mass is 32.2. The Morgan fingerprint density at radius 3 is 3.00 bits per heavy atom. The van der Waals surface area contributed by atoms with E-state index in [0.717, 1.165) is 31.0 Å². The summed E-state index contributed by atoms with van der Waals surface area (Å²) in [5.74, 6) is 0.984. The molecule has 0 saturated heterocycles. The number of anilines is 1. The number of urea groups is 1. The maximum absolute atomic E-state index is 12.2. The average Bonchev–Trinajstić information content (AvgIpc) is 2.80. The number of carbonyl (C=O) groups is 1. The van der Waals surface area contributed by atoms with Gasteiger partial charge >= 0.3 is 6.03 Å². The van der Waals surface area contributed by atoms with Crippen molar-refractivity contribution < 1.29 is 4.79 Å². The summed E-state index contributed by atoms with van der Waals surface area (Å²) in [5.41, 5.74) is 1.10. The first-order valence-electron chi connectivity index (χ1n) is 6.57. The Labute approximate surface area is 123 Å². The number of rotatable bonds is 4. The van der Waals surface area contributed by atoms with Crippen LogP contribution in [0.3, 0.4) is 0 Å². The third-order valence-corrected chi connectivity index (χ3v) is 5.52. The monoisotopic (exact) mass is 299 g/mol. The van der Waals surface area contributed by atoms with Crippen LogP contribution in [0.15, 0.2) is 10.3 Å². The molecular weight excluding hydrogens is 278 g/mol. The first-order valence-corrected chi connectivity index (χ1v) is 8.37. The molecule has 2 heterocycles. The zero-order chi connectivity index (χ0) is 13.8. The smallest absolute Gasteiger partial charge is 0.322 e. The van der Waals surface area contributed by atoms with Crippen LogP contribution in [0.1, 0.15) is 11.8 Å². The molecule has 1 aromatic rings. The number of carbonyl (C=O) groups excluding carboxylic acids is 1. The topological polar surface area (TPSA) is 35.6 Å². The molecular formula is C13H21N3OS2. The van der Waals surface area contributed by atoms with Crippen molar-refractivity contribution in [1.29, 1.82) is 0 Å². The SMILES string of the molecule is CCc1cc2c(s1)SCCN2C(=O)NCCN(C)C. The normalized spacial score (nSPS) is 14.6. The number of thiophene rings is 1. The van der Waals surface area contributed by atoms with Crippen LogP contribution in [0.25, 0.3) is 0 Å². The summed E-state index contributed by atoms with van der Waals surface area (Å²) >= 11 is 3.68. The number of aryl methyl sites for hydroxylation is 1. The second-order valence-electron chi connectivity index (χ2n) is 4.77. The second kappa shape index (κ2) is 6.63. The standard InChI is InChI=1S/C13H21N3OS2/c1-4-10-9-11-12(19-10)18-8-7-16(11)13(17)14-5-6-15(2)3/h9H,4-8H2,1-3H3,(H,14,17). The molecule has 106 valence electrons.